The Morgan fingerprint density at radius 3 is 2.56 bits per heavy atom. The molecule has 0 bridgehead atoms. The van der Waals surface area contributed by atoms with Gasteiger partial charge in [0.25, 0.3) is 0 Å². The van der Waals surface area contributed by atoms with E-state index in [0.29, 0.717) is 12.4 Å². The molecule has 1 unspecified atom stereocenters. The first kappa shape index (κ1) is 13.1. The van der Waals surface area contributed by atoms with Crippen LogP contribution in [0.3, 0.4) is 0 Å². The molecule has 16 heavy (non-hydrogen) atoms. The summed E-state index contributed by atoms with van der Waals surface area (Å²) < 4.78 is 21.5. The van der Waals surface area contributed by atoms with Gasteiger partial charge in [0.15, 0.2) is 5.75 Å². The summed E-state index contributed by atoms with van der Waals surface area (Å²) in [6.07, 6.45) is 4.43. The average molecular weight is 241 g/mol. The van der Waals surface area contributed by atoms with Crippen molar-refractivity contribution < 1.29 is 13.6 Å². The molecule has 0 fully saturated rings. The summed E-state index contributed by atoms with van der Waals surface area (Å²) in [5, 5.41) is 0. The minimum Gasteiger partial charge on any atom is -0.229 e. The Morgan fingerprint density at radius 1 is 1.12 bits per heavy atom. The summed E-state index contributed by atoms with van der Waals surface area (Å²) in [6.45, 7) is 2.65. The third kappa shape index (κ3) is 5.84. The van der Waals surface area contributed by atoms with Crippen LogP contribution in [0.1, 0.15) is 32.6 Å². The summed E-state index contributed by atoms with van der Waals surface area (Å²) in [5.41, 5.74) is 0. The van der Waals surface area contributed by atoms with Gasteiger partial charge < -0.3 is 0 Å². The highest BCUT2D eigenvalue weighted by Crippen LogP contribution is 2.27. The van der Waals surface area contributed by atoms with Gasteiger partial charge in [-0.1, -0.05) is 44.4 Å². The van der Waals surface area contributed by atoms with Crippen molar-refractivity contribution in [2.24, 2.45) is 0 Å². The fourth-order valence-corrected chi connectivity index (χ4v) is 1.89. The van der Waals surface area contributed by atoms with E-state index < -0.39 is 8.25 Å². The maximum atomic E-state index is 11.3. The Labute approximate surface area is 97.7 Å². The monoisotopic (exact) mass is 241 g/mol. The quantitative estimate of drug-likeness (QED) is 0.502. The summed E-state index contributed by atoms with van der Waals surface area (Å²) >= 11 is 0. The number of unbranched alkanes of at least 4 members (excludes halogenated alkanes) is 3. The zero-order valence-corrected chi connectivity index (χ0v) is 10.5. The molecule has 0 saturated carbocycles. The average Bonchev–Trinajstić information content (AvgIpc) is 2.30. The van der Waals surface area contributed by atoms with Crippen LogP contribution in [0, 0.1) is 0 Å². The van der Waals surface area contributed by atoms with E-state index in [4.69, 9.17) is 9.05 Å². The molecule has 88 valence electrons. The van der Waals surface area contributed by atoms with Crippen LogP contribution in [0.2, 0.25) is 0 Å². The number of hydrogen-bond donors (Lipinski definition) is 0. The molecule has 1 aromatic carbocycles. The molecule has 3 nitrogen and oxygen atoms in total. The first-order valence-electron chi connectivity index (χ1n) is 5.66. The van der Waals surface area contributed by atoms with Gasteiger partial charge in [-0.2, -0.15) is 0 Å². The van der Waals surface area contributed by atoms with Gasteiger partial charge in [0.1, 0.15) is 6.61 Å². The second-order valence-electron chi connectivity index (χ2n) is 3.52. The molecule has 0 heterocycles. The highest BCUT2D eigenvalue weighted by atomic mass is 31.1. The molecular formula is C12H18O3P+. The maximum absolute atomic E-state index is 11.3. The zero-order chi connectivity index (χ0) is 11.6. The van der Waals surface area contributed by atoms with Gasteiger partial charge in [0, 0.05) is 4.57 Å². The van der Waals surface area contributed by atoms with Crippen LogP contribution in [-0.2, 0) is 9.09 Å². The minimum atomic E-state index is -2.03. The van der Waals surface area contributed by atoms with Gasteiger partial charge in [-0.15, -0.1) is 4.52 Å². The first-order valence-corrected chi connectivity index (χ1v) is 6.75. The van der Waals surface area contributed by atoms with Gasteiger partial charge in [-0.25, -0.2) is 4.52 Å². The highest BCUT2D eigenvalue weighted by molar-refractivity contribution is 7.33. The fraction of sp³-hybridized carbons (Fsp3) is 0.500. The maximum Gasteiger partial charge on any atom is 0.750 e. The van der Waals surface area contributed by atoms with Gasteiger partial charge in [0.05, 0.1) is 0 Å². The molecule has 0 aliphatic carbocycles. The van der Waals surface area contributed by atoms with E-state index in [0.717, 1.165) is 12.8 Å². The lowest BCUT2D eigenvalue weighted by Gasteiger charge is -1.94. The number of hydrogen-bond acceptors (Lipinski definition) is 3. The summed E-state index contributed by atoms with van der Waals surface area (Å²) in [7, 11) is -2.03. The van der Waals surface area contributed by atoms with E-state index >= 15 is 0 Å². The normalized spacial score (nSPS) is 11.2. The van der Waals surface area contributed by atoms with Crippen LogP contribution in [0.5, 0.6) is 5.75 Å². The third-order valence-electron chi connectivity index (χ3n) is 2.12. The largest absolute Gasteiger partial charge is 0.750 e. The van der Waals surface area contributed by atoms with Crippen LogP contribution < -0.4 is 4.52 Å². The van der Waals surface area contributed by atoms with Crippen molar-refractivity contribution >= 4 is 8.25 Å². The van der Waals surface area contributed by atoms with Crippen LogP contribution in [-0.4, -0.2) is 6.61 Å². The predicted molar refractivity (Wildman–Crippen MR) is 64.8 cm³/mol. The molecule has 0 N–H and O–H groups in total. The van der Waals surface area contributed by atoms with Crippen LogP contribution in [0.4, 0.5) is 0 Å². The molecule has 0 saturated heterocycles. The Balaban J connectivity index is 2.12. The molecule has 0 spiro atoms. The molecular weight excluding hydrogens is 223 g/mol. The number of rotatable bonds is 8. The van der Waals surface area contributed by atoms with Crippen LogP contribution >= 0.6 is 8.25 Å². The molecule has 0 radical (unpaired) electrons. The standard InChI is InChI=1S/C12H18O3P/c1-2-3-4-8-11-14-16(13)15-12-9-6-5-7-10-12/h5-7,9-10H,2-4,8,11H2,1H3/q+1. The molecule has 4 heteroatoms. The summed E-state index contributed by atoms with van der Waals surface area (Å²) in [4.78, 5) is 0. The van der Waals surface area contributed by atoms with Crippen molar-refractivity contribution in [3.63, 3.8) is 0 Å². The van der Waals surface area contributed by atoms with E-state index in [1.54, 1.807) is 12.1 Å². The van der Waals surface area contributed by atoms with Crippen molar-refractivity contribution in [1.82, 2.24) is 0 Å². The van der Waals surface area contributed by atoms with Crippen molar-refractivity contribution in [3.05, 3.63) is 30.3 Å². The van der Waals surface area contributed by atoms with E-state index in [2.05, 4.69) is 6.92 Å². The lowest BCUT2D eigenvalue weighted by atomic mass is 10.2. The van der Waals surface area contributed by atoms with E-state index in [1.807, 2.05) is 18.2 Å². The summed E-state index contributed by atoms with van der Waals surface area (Å²) in [6, 6.07) is 9.06. The number of para-hydroxylation sites is 1. The molecule has 1 aromatic rings. The van der Waals surface area contributed by atoms with Crippen molar-refractivity contribution in [2.45, 2.75) is 32.6 Å². The Hall–Kier alpha value is -0.920. The predicted octanol–water partition coefficient (Wildman–Crippen LogP) is 4.32. The van der Waals surface area contributed by atoms with Crippen LogP contribution in [0.15, 0.2) is 30.3 Å². The third-order valence-corrected chi connectivity index (χ3v) is 2.87. The molecule has 0 amide bonds. The first-order chi connectivity index (χ1) is 7.83. The molecule has 0 aliphatic heterocycles. The second-order valence-corrected chi connectivity index (χ2v) is 4.41. The molecule has 1 atom stereocenters. The summed E-state index contributed by atoms with van der Waals surface area (Å²) in [5.74, 6) is 0.581. The lowest BCUT2D eigenvalue weighted by molar-refractivity contribution is 0.278. The Morgan fingerprint density at radius 2 is 1.88 bits per heavy atom. The highest BCUT2D eigenvalue weighted by Gasteiger charge is 2.21. The van der Waals surface area contributed by atoms with Crippen molar-refractivity contribution in [1.29, 1.82) is 0 Å². The minimum absolute atomic E-state index is 0.502. The van der Waals surface area contributed by atoms with E-state index in [-0.39, 0.29) is 0 Å². The van der Waals surface area contributed by atoms with Gasteiger partial charge >= 0.3 is 8.25 Å². The fourth-order valence-electron chi connectivity index (χ4n) is 1.26. The lowest BCUT2D eigenvalue weighted by Crippen LogP contribution is -1.90. The molecule has 0 aromatic heterocycles. The topological polar surface area (TPSA) is 35.5 Å². The Bertz CT molecular complexity index is 300. The second kappa shape index (κ2) is 8.26. The smallest absolute Gasteiger partial charge is 0.229 e. The SMILES string of the molecule is CCCCCCO[P+](=O)Oc1ccccc1. The molecule has 1 rings (SSSR count). The van der Waals surface area contributed by atoms with Gasteiger partial charge in [-0.05, 0) is 18.6 Å². The van der Waals surface area contributed by atoms with Crippen molar-refractivity contribution in [3.8, 4) is 5.75 Å². The van der Waals surface area contributed by atoms with Crippen LogP contribution in [0.25, 0.3) is 0 Å². The molecule has 0 aliphatic rings. The number of benzene rings is 1. The zero-order valence-electron chi connectivity index (χ0n) is 9.59. The van der Waals surface area contributed by atoms with Gasteiger partial charge in [0.2, 0.25) is 0 Å². The van der Waals surface area contributed by atoms with Crippen molar-refractivity contribution in [2.75, 3.05) is 6.61 Å². The van der Waals surface area contributed by atoms with E-state index in [1.165, 1.54) is 12.8 Å². The van der Waals surface area contributed by atoms with E-state index in [9.17, 15) is 4.57 Å². The Kier molecular flexibility index (Phi) is 6.78. The van der Waals surface area contributed by atoms with Gasteiger partial charge in [-0.3, -0.25) is 0 Å².